The number of primary amides is 1. The molecule has 4 N–H and O–H groups in total. The third-order valence-corrected chi connectivity index (χ3v) is 4.00. The standard InChI is InChI=1S/C16H29N3O4/c1-10(2)9-23-16(22)19-13(8-14(17)20)15(21)18-12-7-5-4-6-11(12)3/h10-13H,4-9H2,1-3H3,(H2,17,20)(H,18,21)(H,19,22)/t11-,12+,13+/m0/s1. The first-order chi connectivity index (χ1) is 10.8. The highest BCUT2D eigenvalue weighted by Crippen LogP contribution is 2.23. The zero-order valence-electron chi connectivity index (χ0n) is 14.3. The molecular formula is C16H29N3O4. The highest BCUT2D eigenvalue weighted by molar-refractivity contribution is 5.90. The van der Waals surface area contributed by atoms with E-state index in [2.05, 4.69) is 17.6 Å². The van der Waals surface area contributed by atoms with Crippen molar-refractivity contribution >= 4 is 17.9 Å². The fraction of sp³-hybridized carbons (Fsp3) is 0.812. The largest absolute Gasteiger partial charge is 0.449 e. The molecule has 23 heavy (non-hydrogen) atoms. The van der Waals surface area contributed by atoms with E-state index in [4.69, 9.17) is 10.5 Å². The van der Waals surface area contributed by atoms with Crippen LogP contribution < -0.4 is 16.4 Å². The second-order valence-corrected chi connectivity index (χ2v) is 6.74. The molecule has 0 saturated heterocycles. The Morgan fingerprint density at radius 2 is 1.87 bits per heavy atom. The number of carbonyl (C=O) groups is 3. The second kappa shape index (κ2) is 9.37. The van der Waals surface area contributed by atoms with Crippen LogP contribution in [0.2, 0.25) is 0 Å². The van der Waals surface area contributed by atoms with Crippen LogP contribution in [0.3, 0.4) is 0 Å². The molecule has 0 heterocycles. The zero-order chi connectivity index (χ0) is 17.4. The molecule has 0 spiro atoms. The first-order valence-electron chi connectivity index (χ1n) is 8.31. The Balaban J connectivity index is 2.59. The smallest absolute Gasteiger partial charge is 0.407 e. The van der Waals surface area contributed by atoms with Gasteiger partial charge in [0.15, 0.2) is 0 Å². The average molecular weight is 327 g/mol. The van der Waals surface area contributed by atoms with Gasteiger partial charge in [-0.15, -0.1) is 0 Å². The van der Waals surface area contributed by atoms with E-state index in [1.54, 1.807) is 0 Å². The van der Waals surface area contributed by atoms with Crippen LogP contribution in [0.1, 0.15) is 52.9 Å². The van der Waals surface area contributed by atoms with Crippen molar-refractivity contribution < 1.29 is 19.1 Å². The molecule has 0 radical (unpaired) electrons. The topological polar surface area (TPSA) is 111 Å². The maximum atomic E-state index is 12.4. The molecule has 3 atom stereocenters. The molecule has 1 aliphatic carbocycles. The van der Waals surface area contributed by atoms with Crippen LogP contribution in [0.25, 0.3) is 0 Å². The summed E-state index contributed by atoms with van der Waals surface area (Å²) in [5.41, 5.74) is 5.18. The molecule has 0 aromatic rings. The molecule has 1 fully saturated rings. The molecule has 132 valence electrons. The number of nitrogens with one attached hydrogen (secondary N) is 2. The number of nitrogens with two attached hydrogens (primary N) is 1. The van der Waals surface area contributed by atoms with E-state index >= 15 is 0 Å². The minimum Gasteiger partial charge on any atom is -0.449 e. The van der Waals surface area contributed by atoms with Crippen molar-refractivity contribution in [3.63, 3.8) is 0 Å². The van der Waals surface area contributed by atoms with Crippen LogP contribution in [-0.2, 0) is 14.3 Å². The van der Waals surface area contributed by atoms with E-state index in [-0.39, 0.29) is 30.9 Å². The lowest BCUT2D eigenvalue weighted by Crippen LogP contribution is -2.52. The Hall–Kier alpha value is -1.79. The summed E-state index contributed by atoms with van der Waals surface area (Å²) in [5, 5.41) is 5.36. The van der Waals surface area contributed by atoms with Gasteiger partial charge in [0.2, 0.25) is 11.8 Å². The van der Waals surface area contributed by atoms with Crippen molar-refractivity contribution in [2.45, 2.75) is 65.0 Å². The van der Waals surface area contributed by atoms with Crippen LogP contribution >= 0.6 is 0 Å². The van der Waals surface area contributed by atoms with Gasteiger partial charge in [0.25, 0.3) is 0 Å². The molecule has 1 aliphatic rings. The summed E-state index contributed by atoms with van der Waals surface area (Å²) in [6.07, 6.45) is 3.25. The summed E-state index contributed by atoms with van der Waals surface area (Å²) in [6, 6.07) is -0.929. The number of ether oxygens (including phenoxy) is 1. The Labute approximate surface area is 137 Å². The van der Waals surface area contributed by atoms with Gasteiger partial charge in [-0.05, 0) is 24.7 Å². The van der Waals surface area contributed by atoms with Crippen LogP contribution in [0.15, 0.2) is 0 Å². The van der Waals surface area contributed by atoms with Gasteiger partial charge in [-0.2, -0.15) is 0 Å². The average Bonchev–Trinajstić information content (AvgIpc) is 2.46. The maximum Gasteiger partial charge on any atom is 0.407 e. The molecule has 1 saturated carbocycles. The van der Waals surface area contributed by atoms with Crippen molar-refractivity contribution in [2.24, 2.45) is 17.6 Å². The van der Waals surface area contributed by atoms with Crippen LogP contribution in [0.5, 0.6) is 0 Å². The summed E-state index contributed by atoms with van der Waals surface area (Å²) in [4.78, 5) is 35.3. The molecule has 0 aliphatic heterocycles. The maximum absolute atomic E-state index is 12.4. The summed E-state index contributed by atoms with van der Waals surface area (Å²) in [5.74, 6) is -0.461. The van der Waals surface area contributed by atoms with E-state index < -0.39 is 18.0 Å². The van der Waals surface area contributed by atoms with Crippen molar-refractivity contribution in [1.82, 2.24) is 10.6 Å². The molecule has 3 amide bonds. The fourth-order valence-corrected chi connectivity index (χ4v) is 2.65. The lowest BCUT2D eigenvalue weighted by atomic mass is 9.86. The third kappa shape index (κ3) is 7.34. The van der Waals surface area contributed by atoms with Gasteiger partial charge >= 0.3 is 6.09 Å². The second-order valence-electron chi connectivity index (χ2n) is 6.74. The van der Waals surface area contributed by atoms with Crippen molar-refractivity contribution in [3.8, 4) is 0 Å². The first kappa shape index (κ1) is 19.3. The summed E-state index contributed by atoms with van der Waals surface area (Å²) < 4.78 is 4.99. The van der Waals surface area contributed by atoms with E-state index in [0.29, 0.717) is 5.92 Å². The molecular weight excluding hydrogens is 298 g/mol. The number of hydrogen-bond acceptors (Lipinski definition) is 4. The predicted molar refractivity (Wildman–Crippen MR) is 86.5 cm³/mol. The van der Waals surface area contributed by atoms with Crippen molar-refractivity contribution in [1.29, 1.82) is 0 Å². The van der Waals surface area contributed by atoms with Gasteiger partial charge in [-0.25, -0.2) is 4.79 Å². The number of amides is 3. The monoisotopic (exact) mass is 327 g/mol. The number of hydrogen-bond donors (Lipinski definition) is 3. The van der Waals surface area contributed by atoms with Gasteiger partial charge < -0.3 is 21.1 Å². The van der Waals surface area contributed by atoms with E-state index in [9.17, 15) is 14.4 Å². The van der Waals surface area contributed by atoms with Gasteiger partial charge in [0.1, 0.15) is 6.04 Å². The number of carbonyl (C=O) groups excluding carboxylic acids is 3. The van der Waals surface area contributed by atoms with Crippen LogP contribution in [0.4, 0.5) is 4.79 Å². The highest BCUT2D eigenvalue weighted by atomic mass is 16.5. The Morgan fingerprint density at radius 1 is 1.22 bits per heavy atom. The quantitative estimate of drug-likeness (QED) is 0.654. The van der Waals surface area contributed by atoms with E-state index in [1.807, 2.05) is 13.8 Å². The SMILES string of the molecule is CC(C)COC(=O)N[C@H](CC(N)=O)C(=O)N[C@@H]1CCCC[C@@H]1C. The molecule has 0 bridgehead atoms. The number of alkyl carbamates (subject to hydrolysis) is 1. The van der Waals surface area contributed by atoms with Gasteiger partial charge in [0.05, 0.1) is 13.0 Å². The molecule has 7 heteroatoms. The lowest BCUT2D eigenvalue weighted by molar-refractivity contribution is -0.128. The zero-order valence-corrected chi connectivity index (χ0v) is 14.3. The highest BCUT2D eigenvalue weighted by Gasteiger charge is 2.28. The Kier molecular flexibility index (Phi) is 7.85. The molecule has 1 rings (SSSR count). The summed E-state index contributed by atoms with van der Waals surface area (Å²) >= 11 is 0. The summed E-state index contributed by atoms with van der Waals surface area (Å²) in [6.45, 7) is 6.16. The minimum absolute atomic E-state index is 0.0695. The van der Waals surface area contributed by atoms with Crippen molar-refractivity contribution in [3.05, 3.63) is 0 Å². The molecule has 0 unspecified atom stereocenters. The minimum atomic E-state index is -0.999. The van der Waals surface area contributed by atoms with Crippen LogP contribution in [-0.4, -0.2) is 36.6 Å². The molecule has 0 aromatic carbocycles. The lowest BCUT2D eigenvalue weighted by Gasteiger charge is -2.31. The van der Waals surface area contributed by atoms with Gasteiger partial charge in [-0.3, -0.25) is 9.59 Å². The van der Waals surface area contributed by atoms with Gasteiger partial charge in [-0.1, -0.05) is 33.6 Å². The van der Waals surface area contributed by atoms with Crippen molar-refractivity contribution in [2.75, 3.05) is 6.61 Å². The molecule has 0 aromatic heterocycles. The van der Waals surface area contributed by atoms with Crippen LogP contribution in [0, 0.1) is 11.8 Å². The Morgan fingerprint density at radius 3 is 2.43 bits per heavy atom. The molecule has 7 nitrogen and oxygen atoms in total. The summed E-state index contributed by atoms with van der Waals surface area (Å²) in [7, 11) is 0. The number of rotatable bonds is 7. The normalized spacial score (nSPS) is 22.3. The first-order valence-corrected chi connectivity index (χ1v) is 8.31. The van der Waals surface area contributed by atoms with E-state index in [0.717, 1.165) is 25.7 Å². The van der Waals surface area contributed by atoms with Gasteiger partial charge in [0, 0.05) is 6.04 Å². The predicted octanol–water partition coefficient (Wildman–Crippen LogP) is 1.31. The third-order valence-electron chi connectivity index (χ3n) is 4.00. The Bertz CT molecular complexity index is 426. The fourth-order valence-electron chi connectivity index (χ4n) is 2.65. The van der Waals surface area contributed by atoms with E-state index in [1.165, 1.54) is 0 Å².